The molecule has 1 atom stereocenters. The zero-order chi connectivity index (χ0) is 21.9. The highest BCUT2D eigenvalue weighted by Crippen LogP contribution is 2.32. The Labute approximate surface area is 181 Å². The molecule has 0 aliphatic heterocycles. The van der Waals surface area contributed by atoms with E-state index in [1.165, 1.54) is 4.52 Å². The van der Waals surface area contributed by atoms with Crippen LogP contribution in [0.3, 0.4) is 0 Å². The monoisotopic (exact) mass is 461 g/mol. The van der Waals surface area contributed by atoms with Crippen LogP contribution in [0.2, 0.25) is 10.4 Å². The molecule has 1 aromatic carbocycles. The Morgan fingerprint density at radius 2 is 1.93 bits per heavy atom. The standard InChI is InChI=1S/C19H20Cl2F3N5O/c1-11-14(9-13(25)7-8-30-19(22,23)24)16(20)29-15(11)17(27-18(21)28-29)26-10-12-5-3-2-4-6-12/h2-6,13H,7-10,25H2,1H3,(H,26,27,28)/t13-/m0/s1. The van der Waals surface area contributed by atoms with Crippen molar-refractivity contribution in [3.8, 4) is 0 Å². The van der Waals surface area contributed by atoms with E-state index in [-0.39, 0.29) is 18.1 Å². The number of halogens is 5. The van der Waals surface area contributed by atoms with Crippen molar-refractivity contribution in [1.82, 2.24) is 14.6 Å². The lowest BCUT2D eigenvalue weighted by Gasteiger charge is -2.13. The number of nitrogens with zero attached hydrogens (tertiary/aromatic N) is 3. The van der Waals surface area contributed by atoms with Gasteiger partial charge >= 0.3 is 6.36 Å². The minimum Gasteiger partial charge on any atom is -0.364 e. The maximum Gasteiger partial charge on any atom is 0.522 e. The number of nitrogens with two attached hydrogens (primary N) is 1. The first-order valence-corrected chi connectivity index (χ1v) is 9.88. The van der Waals surface area contributed by atoms with Gasteiger partial charge in [-0.1, -0.05) is 41.9 Å². The van der Waals surface area contributed by atoms with Crippen LogP contribution in [0.1, 0.15) is 23.1 Å². The summed E-state index contributed by atoms with van der Waals surface area (Å²) >= 11 is 12.6. The number of ether oxygens (including phenoxy) is 1. The van der Waals surface area contributed by atoms with Gasteiger partial charge < -0.3 is 11.1 Å². The molecule has 11 heteroatoms. The van der Waals surface area contributed by atoms with E-state index in [0.29, 0.717) is 28.6 Å². The normalized spacial score (nSPS) is 13.0. The molecule has 0 unspecified atom stereocenters. The lowest BCUT2D eigenvalue weighted by Crippen LogP contribution is -2.26. The van der Waals surface area contributed by atoms with Gasteiger partial charge in [0.1, 0.15) is 10.7 Å². The van der Waals surface area contributed by atoms with Gasteiger partial charge in [0.25, 0.3) is 0 Å². The lowest BCUT2D eigenvalue weighted by molar-refractivity contribution is -0.324. The minimum absolute atomic E-state index is 0.00406. The molecule has 0 fully saturated rings. The summed E-state index contributed by atoms with van der Waals surface area (Å²) in [6.45, 7) is 1.82. The molecule has 6 nitrogen and oxygen atoms in total. The van der Waals surface area contributed by atoms with Crippen molar-refractivity contribution in [1.29, 1.82) is 0 Å². The van der Waals surface area contributed by atoms with E-state index in [9.17, 15) is 13.2 Å². The van der Waals surface area contributed by atoms with Gasteiger partial charge in [-0.25, -0.2) is 4.52 Å². The van der Waals surface area contributed by atoms with Crippen LogP contribution in [0.15, 0.2) is 30.3 Å². The van der Waals surface area contributed by atoms with E-state index in [4.69, 9.17) is 28.9 Å². The summed E-state index contributed by atoms with van der Waals surface area (Å²) in [6, 6.07) is 9.15. The van der Waals surface area contributed by atoms with Gasteiger partial charge in [0.15, 0.2) is 5.82 Å². The minimum atomic E-state index is -4.68. The number of alkyl halides is 3. The highest BCUT2D eigenvalue weighted by molar-refractivity contribution is 6.31. The third-order valence-electron chi connectivity index (χ3n) is 4.59. The highest BCUT2D eigenvalue weighted by atomic mass is 35.5. The summed E-state index contributed by atoms with van der Waals surface area (Å²) in [7, 11) is 0. The molecule has 3 N–H and O–H groups in total. The largest absolute Gasteiger partial charge is 0.522 e. The van der Waals surface area contributed by atoms with Crippen LogP contribution in [0.4, 0.5) is 19.0 Å². The second-order valence-electron chi connectivity index (χ2n) is 6.77. The summed E-state index contributed by atoms with van der Waals surface area (Å²) in [5, 5.41) is 7.70. The number of nitrogens with one attached hydrogen (secondary N) is 1. The van der Waals surface area contributed by atoms with Crippen molar-refractivity contribution in [2.75, 3.05) is 11.9 Å². The Morgan fingerprint density at radius 3 is 2.60 bits per heavy atom. The SMILES string of the molecule is Cc1c(C[C@@H](N)CCOC(F)(F)F)c(Cl)n2nc(Cl)nc(NCc3ccccc3)c12. The average Bonchev–Trinajstić information content (AvgIpc) is 2.90. The fourth-order valence-electron chi connectivity index (χ4n) is 3.14. The first kappa shape index (κ1) is 22.6. The second kappa shape index (κ2) is 9.38. The Balaban J connectivity index is 1.83. The van der Waals surface area contributed by atoms with E-state index in [2.05, 4.69) is 20.1 Å². The molecule has 30 heavy (non-hydrogen) atoms. The molecule has 0 amide bonds. The van der Waals surface area contributed by atoms with Crippen molar-refractivity contribution in [2.45, 2.75) is 38.7 Å². The molecule has 2 aromatic heterocycles. The number of hydrogen-bond donors (Lipinski definition) is 2. The molecular formula is C19H20Cl2F3N5O. The van der Waals surface area contributed by atoms with Crippen LogP contribution in [-0.4, -0.2) is 33.6 Å². The third kappa shape index (κ3) is 5.54. The summed E-state index contributed by atoms with van der Waals surface area (Å²) in [5.74, 6) is 0.499. The zero-order valence-corrected chi connectivity index (χ0v) is 17.5. The third-order valence-corrected chi connectivity index (χ3v) is 5.14. The number of aromatic nitrogens is 3. The number of hydrogen-bond acceptors (Lipinski definition) is 5. The van der Waals surface area contributed by atoms with Gasteiger partial charge in [0.2, 0.25) is 5.28 Å². The molecule has 0 aliphatic rings. The molecule has 2 heterocycles. The smallest absolute Gasteiger partial charge is 0.364 e. The van der Waals surface area contributed by atoms with Crippen molar-refractivity contribution in [2.24, 2.45) is 5.73 Å². The van der Waals surface area contributed by atoms with Gasteiger partial charge in [-0.2, -0.15) is 4.98 Å². The van der Waals surface area contributed by atoms with Crippen molar-refractivity contribution in [3.05, 3.63) is 57.5 Å². The average molecular weight is 462 g/mol. The molecular weight excluding hydrogens is 442 g/mol. The Bertz CT molecular complexity index is 1010. The van der Waals surface area contributed by atoms with Crippen LogP contribution in [0.5, 0.6) is 0 Å². The van der Waals surface area contributed by atoms with E-state index in [1.807, 2.05) is 37.3 Å². The molecule has 0 aliphatic carbocycles. The van der Waals surface area contributed by atoms with Gasteiger partial charge in [0.05, 0.1) is 6.61 Å². The van der Waals surface area contributed by atoms with E-state index < -0.39 is 19.0 Å². The van der Waals surface area contributed by atoms with E-state index in [1.54, 1.807) is 0 Å². The maximum atomic E-state index is 12.2. The Morgan fingerprint density at radius 1 is 1.23 bits per heavy atom. The van der Waals surface area contributed by atoms with E-state index in [0.717, 1.165) is 11.1 Å². The van der Waals surface area contributed by atoms with Gasteiger partial charge in [-0.15, -0.1) is 18.3 Å². The molecule has 3 rings (SSSR count). The van der Waals surface area contributed by atoms with Crippen LogP contribution >= 0.6 is 23.2 Å². The summed E-state index contributed by atoms with van der Waals surface area (Å²) in [4.78, 5) is 4.27. The lowest BCUT2D eigenvalue weighted by atomic mass is 10.0. The highest BCUT2D eigenvalue weighted by Gasteiger charge is 2.29. The molecule has 0 saturated heterocycles. The fraction of sp³-hybridized carbons (Fsp3) is 0.368. The van der Waals surface area contributed by atoms with Crippen LogP contribution in [0.25, 0.3) is 5.52 Å². The molecule has 0 spiro atoms. The summed E-state index contributed by atoms with van der Waals surface area (Å²) < 4.78 is 41.7. The van der Waals surface area contributed by atoms with Crippen LogP contribution < -0.4 is 11.1 Å². The molecule has 0 bridgehead atoms. The predicted octanol–water partition coefficient (Wildman–Crippen LogP) is 4.75. The second-order valence-corrected chi connectivity index (χ2v) is 7.47. The van der Waals surface area contributed by atoms with Crippen molar-refractivity contribution >= 4 is 34.5 Å². The van der Waals surface area contributed by atoms with Gasteiger partial charge in [0, 0.05) is 12.6 Å². The molecule has 0 saturated carbocycles. The maximum absolute atomic E-state index is 12.2. The van der Waals surface area contributed by atoms with Gasteiger partial charge in [-0.3, -0.25) is 4.74 Å². The first-order chi connectivity index (χ1) is 14.2. The summed E-state index contributed by atoms with van der Waals surface area (Å²) in [5.41, 5.74) is 9.14. The number of benzene rings is 1. The van der Waals surface area contributed by atoms with E-state index >= 15 is 0 Å². The van der Waals surface area contributed by atoms with Crippen molar-refractivity contribution < 1.29 is 17.9 Å². The Kier molecular flexibility index (Phi) is 7.07. The topological polar surface area (TPSA) is 77.5 Å². The number of fused-ring (bicyclic) bond motifs is 1. The zero-order valence-electron chi connectivity index (χ0n) is 16.0. The number of rotatable bonds is 8. The van der Waals surface area contributed by atoms with Gasteiger partial charge in [-0.05, 0) is 48.1 Å². The number of anilines is 1. The quantitative estimate of drug-likeness (QED) is 0.505. The molecule has 0 radical (unpaired) electrons. The summed E-state index contributed by atoms with van der Waals surface area (Å²) in [6.07, 6.45) is -4.40. The predicted molar refractivity (Wildman–Crippen MR) is 110 cm³/mol. The van der Waals surface area contributed by atoms with Crippen LogP contribution in [-0.2, 0) is 17.7 Å². The van der Waals surface area contributed by atoms with Crippen LogP contribution in [0, 0.1) is 6.92 Å². The first-order valence-electron chi connectivity index (χ1n) is 9.13. The number of aryl methyl sites for hydroxylation is 1. The van der Waals surface area contributed by atoms with Crippen molar-refractivity contribution in [3.63, 3.8) is 0 Å². The fourth-order valence-corrected chi connectivity index (χ4v) is 3.64. The Hall–Kier alpha value is -2.07. The molecule has 3 aromatic rings. The molecule has 162 valence electrons.